The quantitative estimate of drug-likeness (QED) is 0.510. The maximum atomic E-state index is 12.6. The Labute approximate surface area is 168 Å². The van der Waals surface area contributed by atoms with Gasteiger partial charge in [-0.05, 0) is 58.2 Å². The van der Waals surface area contributed by atoms with Gasteiger partial charge in [-0.2, -0.15) is 0 Å². The summed E-state index contributed by atoms with van der Waals surface area (Å²) in [5.74, 6) is -1.13. The monoisotopic (exact) mass is 378 g/mol. The van der Waals surface area contributed by atoms with E-state index in [9.17, 15) is 9.59 Å². The van der Waals surface area contributed by atoms with Crippen molar-refractivity contribution in [3.8, 4) is 0 Å². The zero-order chi connectivity index (χ0) is 21.3. The first-order chi connectivity index (χ1) is 12.8. The topological polar surface area (TPSA) is 54.4 Å². The minimum absolute atomic E-state index is 0.0115. The van der Waals surface area contributed by atoms with E-state index >= 15 is 0 Å². The number of rotatable bonds is 4. The summed E-state index contributed by atoms with van der Waals surface area (Å²) in [6.07, 6.45) is 3.40. The number of carboxylic acids is 1. The van der Waals surface area contributed by atoms with E-state index in [1.54, 1.807) is 25.1 Å². The lowest BCUT2D eigenvalue weighted by Gasteiger charge is -2.25. The molecule has 0 atom stereocenters. The highest BCUT2D eigenvalue weighted by Gasteiger charge is 2.20. The lowest BCUT2D eigenvalue weighted by Crippen LogP contribution is -2.16. The lowest BCUT2D eigenvalue weighted by molar-refractivity contribution is 0.0695. The number of hydrogen-bond donors (Lipinski definition) is 1. The van der Waals surface area contributed by atoms with Crippen molar-refractivity contribution in [1.29, 1.82) is 0 Å². The highest BCUT2D eigenvalue weighted by Crippen LogP contribution is 2.30. The van der Waals surface area contributed by atoms with Crippen molar-refractivity contribution >= 4 is 17.8 Å². The van der Waals surface area contributed by atoms with E-state index in [0.29, 0.717) is 11.1 Å². The van der Waals surface area contributed by atoms with Crippen LogP contribution in [0.4, 0.5) is 0 Å². The highest BCUT2D eigenvalue weighted by atomic mass is 16.4. The molecule has 28 heavy (non-hydrogen) atoms. The number of carbonyl (C=O) groups excluding carboxylic acids is 1. The summed E-state index contributed by atoms with van der Waals surface area (Å²) < 4.78 is 0. The van der Waals surface area contributed by atoms with Crippen molar-refractivity contribution in [2.75, 3.05) is 0 Å². The molecule has 2 rings (SSSR count). The SMILES string of the molecule is Cc1cc(C(=O)C=Cc2cc(C(C)(C)C)cc(C(C)(C)C)c2)ccc1C(=O)O. The van der Waals surface area contributed by atoms with Crippen molar-refractivity contribution in [3.05, 3.63) is 75.9 Å². The third-order valence-corrected chi connectivity index (χ3v) is 4.86. The van der Waals surface area contributed by atoms with Crippen LogP contribution in [0, 0.1) is 6.92 Å². The summed E-state index contributed by atoms with van der Waals surface area (Å²) >= 11 is 0. The van der Waals surface area contributed by atoms with Crippen LogP contribution >= 0.6 is 0 Å². The molecule has 1 N–H and O–H groups in total. The van der Waals surface area contributed by atoms with Gasteiger partial charge in [-0.1, -0.05) is 71.9 Å². The van der Waals surface area contributed by atoms with Gasteiger partial charge in [-0.3, -0.25) is 4.79 Å². The molecule has 2 aromatic rings. The number of carboxylic acid groups (broad SMARTS) is 1. The van der Waals surface area contributed by atoms with Crippen molar-refractivity contribution < 1.29 is 14.7 Å². The Morgan fingerprint density at radius 3 is 1.82 bits per heavy atom. The molecule has 2 aromatic carbocycles. The Bertz CT molecular complexity index is 903. The number of aromatic carboxylic acids is 1. The molecule has 0 fully saturated rings. The van der Waals surface area contributed by atoms with Crippen LogP contribution in [-0.2, 0) is 10.8 Å². The van der Waals surface area contributed by atoms with Gasteiger partial charge in [0.1, 0.15) is 0 Å². The average molecular weight is 379 g/mol. The van der Waals surface area contributed by atoms with Gasteiger partial charge in [0.05, 0.1) is 5.56 Å². The van der Waals surface area contributed by atoms with Gasteiger partial charge >= 0.3 is 5.97 Å². The van der Waals surface area contributed by atoms with Gasteiger partial charge in [-0.15, -0.1) is 0 Å². The lowest BCUT2D eigenvalue weighted by atomic mass is 9.79. The number of allylic oxidation sites excluding steroid dienone is 1. The largest absolute Gasteiger partial charge is 0.478 e. The molecule has 0 aliphatic heterocycles. The number of benzene rings is 2. The molecule has 0 aliphatic carbocycles. The van der Waals surface area contributed by atoms with Crippen LogP contribution < -0.4 is 0 Å². The van der Waals surface area contributed by atoms with E-state index in [1.165, 1.54) is 17.2 Å². The van der Waals surface area contributed by atoms with Gasteiger partial charge in [0.15, 0.2) is 5.78 Å². The molecular weight excluding hydrogens is 348 g/mol. The second kappa shape index (κ2) is 7.75. The van der Waals surface area contributed by atoms with Crippen molar-refractivity contribution in [2.24, 2.45) is 0 Å². The molecule has 0 aromatic heterocycles. The molecular formula is C25H30O3. The third-order valence-electron chi connectivity index (χ3n) is 4.86. The van der Waals surface area contributed by atoms with Gasteiger partial charge in [0, 0.05) is 5.56 Å². The average Bonchev–Trinajstić information content (AvgIpc) is 2.57. The van der Waals surface area contributed by atoms with Gasteiger partial charge < -0.3 is 5.11 Å². The van der Waals surface area contributed by atoms with Crippen molar-refractivity contribution in [1.82, 2.24) is 0 Å². The Morgan fingerprint density at radius 2 is 1.39 bits per heavy atom. The standard InChI is InChI=1S/C25H30O3/c1-16-12-18(9-10-21(16)23(27)28)22(26)11-8-17-13-19(24(2,3)4)15-20(14-17)25(5,6)7/h8-15H,1-7H3,(H,27,28). The van der Waals surface area contributed by atoms with E-state index < -0.39 is 5.97 Å². The minimum atomic E-state index is -0.985. The summed E-state index contributed by atoms with van der Waals surface area (Å²) in [5, 5.41) is 9.13. The van der Waals surface area contributed by atoms with Crippen molar-refractivity contribution in [3.63, 3.8) is 0 Å². The zero-order valence-electron chi connectivity index (χ0n) is 17.9. The smallest absolute Gasteiger partial charge is 0.335 e. The summed E-state index contributed by atoms with van der Waals surface area (Å²) in [4.78, 5) is 23.7. The fourth-order valence-electron chi connectivity index (χ4n) is 2.94. The summed E-state index contributed by atoms with van der Waals surface area (Å²) in [6, 6.07) is 11.2. The first-order valence-electron chi connectivity index (χ1n) is 9.51. The predicted molar refractivity (Wildman–Crippen MR) is 115 cm³/mol. The second-order valence-corrected chi connectivity index (χ2v) is 9.38. The molecule has 0 saturated carbocycles. The Hall–Kier alpha value is -2.68. The Balaban J connectivity index is 2.38. The molecule has 0 amide bonds. The summed E-state index contributed by atoms with van der Waals surface area (Å²) in [6.45, 7) is 14.8. The molecule has 148 valence electrons. The number of carbonyl (C=O) groups is 2. The summed E-state index contributed by atoms with van der Waals surface area (Å²) in [5.41, 5.74) is 4.76. The van der Waals surface area contributed by atoms with Crippen LogP contribution in [0.15, 0.2) is 42.5 Å². The first kappa shape index (κ1) is 21.6. The molecule has 0 unspecified atom stereocenters. The molecule has 3 nitrogen and oxygen atoms in total. The molecule has 0 radical (unpaired) electrons. The molecule has 0 aliphatic rings. The van der Waals surface area contributed by atoms with E-state index in [2.05, 4.69) is 59.7 Å². The maximum Gasteiger partial charge on any atom is 0.335 e. The normalized spacial score (nSPS) is 12.4. The molecule has 0 spiro atoms. The van der Waals surface area contributed by atoms with E-state index in [1.807, 2.05) is 6.08 Å². The predicted octanol–water partition coefficient (Wildman–Crippen LogP) is 6.18. The second-order valence-electron chi connectivity index (χ2n) is 9.38. The van der Waals surface area contributed by atoms with E-state index in [4.69, 9.17) is 5.11 Å². The number of aryl methyl sites for hydroxylation is 1. The highest BCUT2D eigenvalue weighted by molar-refractivity contribution is 6.07. The molecule has 0 bridgehead atoms. The molecule has 0 heterocycles. The summed E-state index contributed by atoms with van der Waals surface area (Å²) in [7, 11) is 0. The van der Waals surface area contributed by atoms with E-state index in [0.717, 1.165) is 5.56 Å². The van der Waals surface area contributed by atoms with Crippen LogP contribution in [0.2, 0.25) is 0 Å². The number of hydrogen-bond acceptors (Lipinski definition) is 2. The fourth-order valence-corrected chi connectivity index (χ4v) is 2.94. The van der Waals surface area contributed by atoms with Crippen LogP contribution in [0.3, 0.4) is 0 Å². The van der Waals surface area contributed by atoms with Crippen LogP contribution in [0.5, 0.6) is 0 Å². The Morgan fingerprint density at radius 1 is 0.857 bits per heavy atom. The minimum Gasteiger partial charge on any atom is -0.478 e. The van der Waals surface area contributed by atoms with Crippen molar-refractivity contribution in [2.45, 2.75) is 59.3 Å². The Kier molecular flexibility index (Phi) is 5.98. The number of ketones is 1. The van der Waals surface area contributed by atoms with Crippen LogP contribution in [0.1, 0.15) is 84.5 Å². The van der Waals surface area contributed by atoms with Gasteiger partial charge in [0.25, 0.3) is 0 Å². The van der Waals surface area contributed by atoms with E-state index in [-0.39, 0.29) is 22.2 Å². The fraction of sp³-hybridized carbons (Fsp3) is 0.360. The first-order valence-corrected chi connectivity index (χ1v) is 9.51. The molecule has 0 saturated heterocycles. The van der Waals surface area contributed by atoms with Crippen LogP contribution in [-0.4, -0.2) is 16.9 Å². The van der Waals surface area contributed by atoms with Gasteiger partial charge in [-0.25, -0.2) is 4.79 Å². The zero-order valence-corrected chi connectivity index (χ0v) is 17.9. The van der Waals surface area contributed by atoms with Crippen LogP contribution in [0.25, 0.3) is 6.08 Å². The molecule has 3 heteroatoms. The van der Waals surface area contributed by atoms with Gasteiger partial charge in [0.2, 0.25) is 0 Å². The third kappa shape index (κ3) is 5.19. The maximum absolute atomic E-state index is 12.6.